The Hall–Kier alpha value is -1.81. The van der Waals surface area contributed by atoms with Crippen molar-refractivity contribution in [2.24, 2.45) is 5.73 Å². The van der Waals surface area contributed by atoms with E-state index in [1.807, 2.05) is 37.2 Å². The van der Waals surface area contributed by atoms with Crippen molar-refractivity contribution in [1.29, 1.82) is 0 Å². The SMILES string of the molecule is CN(C)c1ccc2[nH]cc(C(=O)CN)c2c1. The summed E-state index contributed by atoms with van der Waals surface area (Å²) in [5.74, 6) is -0.0397. The van der Waals surface area contributed by atoms with E-state index in [1.165, 1.54) is 0 Å². The summed E-state index contributed by atoms with van der Waals surface area (Å²) in [5.41, 5.74) is 8.07. The smallest absolute Gasteiger partial charge is 0.178 e. The number of carbonyl (C=O) groups is 1. The van der Waals surface area contributed by atoms with Crippen molar-refractivity contribution >= 4 is 22.4 Å². The average Bonchev–Trinajstić information content (AvgIpc) is 2.70. The molecule has 84 valence electrons. The van der Waals surface area contributed by atoms with Crippen molar-refractivity contribution in [3.05, 3.63) is 30.0 Å². The number of fused-ring (bicyclic) bond motifs is 1. The first kappa shape index (κ1) is 10.7. The van der Waals surface area contributed by atoms with E-state index in [0.29, 0.717) is 5.56 Å². The zero-order chi connectivity index (χ0) is 11.7. The average molecular weight is 217 g/mol. The normalized spacial score (nSPS) is 10.7. The van der Waals surface area contributed by atoms with E-state index in [0.717, 1.165) is 16.6 Å². The lowest BCUT2D eigenvalue weighted by atomic mass is 10.1. The number of nitrogens with zero attached hydrogens (tertiary/aromatic N) is 1. The molecule has 16 heavy (non-hydrogen) atoms. The highest BCUT2D eigenvalue weighted by Crippen LogP contribution is 2.23. The Balaban J connectivity index is 2.60. The van der Waals surface area contributed by atoms with Crippen LogP contribution in [0.2, 0.25) is 0 Å². The molecule has 4 nitrogen and oxygen atoms in total. The Morgan fingerprint density at radius 3 is 2.81 bits per heavy atom. The zero-order valence-electron chi connectivity index (χ0n) is 9.45. The Labute approximate surface area is 94.0 Å². The summed E-state index contributed by atoms with van der Waals surface area (Å²) in [6.07, 6.45) is 1.72. The Kier molecular flexibility index (Phi) is 2.66. The van der Waals surface area contributed by atoms with Crippen LogP contribution in [-0.4, -0.2) is 31.4 Å². The number of aromatic nitrogens is 1. The maximum absolute atomic E-state index is 11.6. The van der Waals surface area contributed by atoms with Crippen LogP contribution in [0.3, 0.4) is 0 Å². The van der Waals surface area contributed by atoms with Gasteiger partial charge in [0.05, 0.1) is 6.54 Å². The molecule has 0 aliphatic rings. The molecule has 0 saturated carbocycles. The maximum atomic E-state index is 11.6. The molecule has 2 rings (SSSR count). The van der Waals surface area contributed by atoms with Gasteiger partial charge in [0.25, 0.3) is 0 Å². The summed E-state index contributed by atoms with van der Waals surface area (Å²) in [4.78, 5) is 16.7. The summed E-state index contributed by atoms with van der Waals surface area (Å²) in [6.45, 7) is 0.0408. The molecule has 0 unspecified atom stereocenters. The number of nitrogens with two attached hydrogens (primary N) is 1. The predicted octanol–water partition coefficient (Wildman–Crippen LogP) is 1.38. The Morgan fingerprint density at radius 2 is 2.19 bits per heavy atom. The van der Waals surface area contributed by atoms with Crippen LogP contribution in [0.1, 0.15) is 10.4 Å². The lowest BCUT2D eigenvalue weighted by Gasteiger charge is -2.12. The molecule has 0 atom stereocenters. The van der Waals surface area contributed by atoms with Crippen LogP contribution in [0.4, 0.5) is 5.69 Å². The molecule has 0 aliphatic carbocycles. The molecule has 4 heteroatoms. The summed E-state index contributed by atoms with van der Waals surface area (Å²) in [5, 5.41) is 0.932. The van der Waals surface area contributed by atoms with Crippen LogP contribution < -0.4 is 10.6 Å². The highest BCUT2D eigenvalue weighted by atomic mass is 16.1. The van der Waals surface area contributed by atoms with E-state index in [1.54, 1.807) is 6.20 Å². The second-order valence-corrected chi connectivity index (χ2v) is 3.95. The molecule has 0 spiro atoms. The fraction of sp³-hybridized carbons (Fsp3) is 0.250. The molecular weight excluding hydrogens is 202 g/mol. The van der Waals surface area contributed by atoms with Gasteiger partial charge in [0.15, 0.2) is 5.78 Å². The number of hydrogen-bond donors (Lipinski definition) is 2. The van der Waals surface area contributed by atoms with Crippen molar-refractivity contribution < 1.29 is 4.79 Å². The Morgan fingerprint density at radius 1 is 1.44 bits per heavy atom. The highest BCUT2D eigenvalue weighted by molar-refractivity contribution is 6.09. The van der Waals surface area contributed by atoms with Crippen LogP contribution in [0.25, 0.3) is 10.9 Å². The van der Waals surface area contributed by atoms with E-state index >= 15 is 0 Å². The van der Waals surface area contributed by atoms with Crippen molar-refractivity contribution in [2.45, 2.75) is 0 Å². The molecule has 0 saturated heterocycles. The number of ketones is 1. The molecule has 1 heterocycles. The van der Waals surface area contributed by atoms with Gasteiger partial charge in [0.1, 0.15) is 0 Å². The highest BCUT2D eigenvalue weighted by Gasteiger charge is 2.11. The van der Waals surface area contributed by atoms with Gasteiger partial charge in [0.2, 0.25) is 0 Å². The molecule has 0 fully saturated rings. The van der Waals surface area contributed by atoms with Gasteiger partial charge in [0, 0.05) is 42.4 Å². The van der Waals surface area contributed by atoms with Gasteiger partial charge in [-0.3, -0.25) is 4.79 Å². The number of hydrogen-bond acceptors (Lipinski definition) is 3. The lowest BCUT2D eigenvalue weighted by Crippen LogP contribution is -2.13. The fourth-order valence-corrected chi connectivity index (χ4v) is 1.73. The monoisotopic (exact) mass is 217 g/mol. The molecule has 0 amide bonds. The van der Waals surface area contributed by atoms with E-state index in [2.05, 4.69) is 4.98 Å². The van der Waals surface area contributed by atoms with Gasteiger partial charge in [-0.25, -0.2) is 0 Å². The van der Waals surface area contributed by atoms with Crippen LogP contribution in [-0.2, 0) is 0 Å². The fourth-order valence-electron chi connectivity index (χ4n) is 1.73. The number of aromatic amines is 1. The topological polar surface area (TPSA) is 62.1 Å². The molecule has 2 aromatic rings. The third-order valence-corrected chi connectivity index (χ3v) is 2.67. The molecular formula is C12H15N3O. The lowest BCUT2D eigenvalue weighted by molar-refractivity contribution is 0.100. The van der Waals surface area contributed by atoms with Gasteiger partial charge in [-0.05, 0) is 18.2 Å². The molecule has 1 aromatic heterocycles. The van der Waals surface area contributed by atoms with E-state index in [4.69, 9.17) is 5.73 Å². The third kappa shape index (κ3) is 1.67. The van der Waals surface area contributed by atoms with Gasteiger partial charge < -0.3 is 15.6 Å². The Bertz CT molecular complexity index is 528. The first-order chi connectivity index (χ1) is 7.63. The minimum atomic E-state index is -0.0397. The first-order valence-corrected chi connectivity index (χ1v) is 5.15. The van der Waals surface area contributed by atoms with Gasteiger partial charge >= 0.3 is 0 Å². The summed E-state index contributed by atoms with van der Waals surface area (Å²) in [6, 6.07) is 5.97. The van der Waals surface area contributed by atoms with Crippen LogP contribution in [0, 0.1) is 0 Å². The van der Waals surface area contributed by atoms with Crippen molar-refractivity contribution in [3.63, 3.8) is 0 Å². The van der Waals surface area contributed by atoms with Gasteiger partial charge in [-0.15, -0.1) is 0 Å². The second kappa shape index (κ2) is 3.98. The molecule has 3 N–H and O–H groups in total. The van der Waals surface area contributed by atoms with Crippen molar-refractivity contribution in [2.75, 3.05) is 25.5 Å². The largest absolute Gasteiger partial charge is 0.378 e. The first-order valence-electron chi connectivity index (χ1n) is 5.15. The number of anilines is 1. The predicted molar refractivity (Wildman–Crippen MR) is 66.0 cm³/mol. The van der Waals surface area contributed by atoms with E-state index < -0.39 is 0 Å². The standard InChI is InChI=1S/C12H15N3O/c1-15(2)8-3-4-11-9(5-8)10(7-14-11)12(16)6-13/h3-5,7,14H,6,13H2,1-2H3. The van der Waals surface area contributed by atoms with Crippen molar-refractivity contribution in [1.82, 2.24) is 4.98 Å². The number of rotatable bonds is 3. The van der Waals surface area contributed by atoms with Crippen LogP contribution in [0.15, 0.2) is 24.4 Å². The molecule has 1 aromatic carbocycles. The quantitative estimate of drug-likeness (QED) is 0.763. The number of H-pyrrole nitrogens is 1. The van der Waals surface area contributed by atoms with E-state index in [9.17, 15) is 4.79 Å². The molecule has 0 radical (unpaired) electrons. The van der Waals surface area contributed by atoms with Crippen LogP contribution in [0.5, 0.6) is 0 Å². The van der Waals surface area contributed by atoms with E-state index in [-0.39, 0.29) is 12.3 Å². The number of benzene rings is 1. The van der Waals surface area contributed by atoms with Crippen molar-refractivity contribution in [3.8, 4) is 0 Å². The zero-order valence-corrected chi connectivity index (χ0v) is 9.45. The third-order valence-electron chi connectivity index (χ3n) is 2.67. The molecule has 0 aliphatic heterocycles. The minimum absolute atomic E-state index is 0.0397. The van der Waals surface area contributed by atoms with Crippen LogP contribution >= 0.6 is 0 Å². The minimum Gasteiger partial charge on any atom is -0.378 e. The van der Waals surface area contributed by atoms with Gasteiger partial charge in [-0.2, -0.15) is 0 Å². The molecule has 0 bridgehead atoms. The second-order valence-electron chi connectivity index (χ2n) is 3.95. The number of carbonyl (C=O) groups excluding carboxylic acids is 1. The summed E-state index contributed by atoms with van der Waals surface area (Å²) >= 11 is 0. The summed E-state index contributed by atoms with van der Waals surface area (Å²) in [7, 11) is 3.94. The number of nitrogens with one attached hydrogen (secondary N) is 1. The summed E-state index contributed by atoms with van der Waals surface area (Å²) < 4.78 is 0. The maximum Gasteiger partial charge on any atom is 0.178 e. The van der Waals surface area contributed by atoms with Gasteiger partial charge in [-0.1, -0.05) is 0 Å². The number of Topliss-reactive ketones (excluding diaryl/α,β-unsaturated/α-hetero) is 1.